The third-order valence-corrected chi connectivity index (χ3v) is 5.23. The summed E-state index contributed by atoms with van der Waals surface area (Å²) in [5.41, 5.74) is 8.52. The molecule has 0 spiro atoms. The summed E-state index contributed by atoms with van der Waals surface area (Å²) in [6.45, 7) is 3.85. The Morgan fingerprint density at radius 3 is 2.67 bits per heavy atom. The molecule has 1 saturated carbocycles. The first kappa shape index (κ1) is 17.4. The molecular formula is C19H24BrN3O. The van der Waals surface area contributed by atoms with Crippen LogP contribution in [0.15, 0.2) is 28.9 Å². The highest BCUT2D eigenvalue weighted by molar-refractivity contribution is 9.10. The number of benzene rings is 1. The largest absolute Gasteiger partial charge is 0.381 e. The van der Waals surface area contributed by atoms with Crippen molar-refractivity contribution in [3.63, 3.8) is 0 Å². The van der Waals surface area contributed by atoms with Crippen LogP contribution in [0.1, 0.15) is 49.9 Å². The Labute approximate surface area is 151 Å². The second kappa shape index (κ2) is 7.19. The van der Waals surface area contributed by atoms with E-state index in [-0.39, 0.29) is 11.7 Å². The molecular weight excluding hydrogens is 366 g/mol. The van der Waals surface area contributed by atoms with Crippen LogP contribution in [-0.2, 0) is 0 Å². The van der Waals surface area contributed by atoms with Crippen molar-refractivity contribution in [3.8, 4) is 0 Å². The second-order valence-electron chi connectivity index (χ2n) is 6.98. The summed E-state index contributed by atoms with van der Waals surface area (Å²) in [5.74, 6) is 0.0658. The molecule has 0 bridgehead atoms. The van der Waals surface area contributed by atoms with E-state index in [0.717, 1.165) is 46.7 Å². The summed E-state index contributed by atoms with van der Waals surface area (Å²) in [4.78, 5) is 17.2. The minimum absolute atomic E-state index is 0.0586. The van der Waals surface area contributed by atoms with E-state index in [2.05, 4.69) is 26.2 Å². The Morgan fingerprint density at radius 1 is 1.29 bits per heavy atom. The fourth-order valence-corrected chi connectivity index (χ4v) is 3.65. The summed E-state index contributed by atoms with van der Waals surface area (Å²) in [6, 6.07) is 6.65. The Morgan fingerprint density at radius 2 is 2.00 bits per heavy atom. The van der Waals surface area contributed by atoms with Crippen molar-refractivity contribution in [1.29, 1.82) is 0 Å². The standard InChI is InChI=1S/C19H24BrN3O/c1-11(2)19(24)16-10-22-17-8-3-12(20)9-15(17)18(16)23-14-6-4-13(21)5-7-14/h3,8-11,13-14H,4-7,21H2,1-2H3,(H,22,23). The lowest BCUT2D eigenvalue weighted by molar-refractivity contribution is 0.0940. The molecule has 0 aliphatic heterocycles. The summed E-state index contributed by atoms with van der Waals surface area (Å²) in [5, 5.41) is 4.63. The van der Waals surface area contributed by atoms with Gasteiger partial charge in [-0.2, -0.15) is 0 Å². The van der Waals surface area contributed by atoms with Gasteiger partial charge in [0.15, 0.2) is 5.78 Å². The van der Waals surface area contributed by atoms with Gasteiger partial charge >= 0.3 is 0 Å². The molecule has 0 unspecified atom stereocenters. The van der Waals surface area contributed by atoms with Crippen molar-refractivity contribution in [2.24, 2.45) is 11.7 Å². The molecule has 0 radical (unpaired) electrons. The molecule has 24 heavy (non-hydrogen) atoms. The normalized spacial score (nSPS) is 21.2. The lowest BCUT2D eigenvalue weighted by Gasteiger charge is -2.29. The van der Waals surface area contributed by atoms with Gasteiger partial charge in [-0.1, -0.05) is 29.8 Å². The molecule has 1 aromatic carbocycles. The number of ketones is 1. The zero-order valence-electron chi connectivity index (χ0n) is 14.2. The van der Waals surface area contributed by atoms with Gasteiger partial charge in [0.05, 0.1) is 16.8 Å². The molecule has 128 valence electrons. The highest BCUT2D eigenvalue weighted by Gasteiger charge is 2.23. The maximum Gasteiger partial charge on any atom is 0.169 e. The first-order chi connectivity index (χ1) is 11.5. The van der Waals surface area contributed by atoms with Crippen molar-refractivity contribution >= 4 is 38.3 Å². The van der Waals surface area contributed by atoms with Crippen LogP contribution in [0, 0.1) is 5.92 Å². The van der Waals surface area contributed by atoms with Gasteiger partial charge in [-0.3, -0.25) is 9.78 Å². The number of fused-ring (bicyclic) bond motifs is 1. The number of aromatic nitrogens is 1. The molecule has 1 aromatic heterocycles. The van der Waals surface area contributed by atoms with E-state index in [4.69, 9.17) is 5.73 Å². The number of carbonyl (C=O) groups is 1. The maximum absolute atomic E-state index is 12.7. The second-order valence-corrected chi connectivity index (χ2v) is 7.90. The minimum Gasteiger partial charge on any atom is -0.381 e. The number of nitrogens with zero attached hydrogens (tertiary/aromatic N) is 1. The maximum atomic E-state index is 12.7. The molecule has 3 N–H and O–H groups in total. The first-order valence-corrected chi connectivity index (χ1v) is 9.39. The van der Waals surface area contributed by atoms with Crippen LogP contribution in [0.5, 0.6) is 0 Å². The van der Waals surface area contributed by atoms with Crippen molar-refractivity contribution in [2.45, 2.75) is 51.6 Å². The van der Waals surface area contributed by atoms with Gasteiger partial charge in [-0.15, -0.1) is 0 Å². The van der Waals surface area contributed by atoms with Crippen LogP contribution in [-0.4, -0.2) is 22.9 Å². The summed E-state index contributed by atoms with van der Waals surface area (Å²) >= 11 is 3.53. The lowest BCUT2D eigenvalue weighted by Crippen LogP contribution is -2.33. The van der Waals surface area contributed by atoms with Crippen LogP contribution in [0.4, 0.5) is 5.69 Å². The predicted octanol–water partition coefficient (Wildman–Crippen LogP) is 4.52. The topological polar surface area (TPSA) is 68.0 Å². The predicted molar refractivity (Wildman–Crippen MR) is 102 cm³/mol. The number of hydrogen-bond donors (Lipinski definition) is 2. The van der Waals surface area contributed by atoms with Gasteiger partial charge in [0.1, 0.15) is 0 Å². The molecule has 1 fully saturated rings. The van der Waals surface area contributed by atoms with Gasteiger partial charge in [-0.25, -0.2) is 0 Å². The van der Waals surface area contributed by atoms with E-state index in [0.29, 0.717) is 17.6 Å². The van der Waals surface area contributed by atoms with E-state index in [1.807, 2.05) is 32.0 Å². The van der Waals surface area contributed by atoms with Gasteiger partial charge in [0, 0.05) is 34.1 Å². The quantitative estimate of drug-likeness (QED) is 0.754. The van der Waals surface area contributed by atoms with Crippen molar-refractivity contribution in [2.75, 3.05) is 5.32 Å². The van der Waals surface area contributed by atoms with Crippen LogP contribution in [0.2, 0.25) is 0 Å². The lowest BCUT2D eigenvalue weighted by atomic mass is 9.91. The summed E-state index contributed by atoms with van der Waals surface area (Å²) < 4.78 is 0.986. The molecule has 2 aromatic rings. The molecule has 5 heteroatoms. The van der Waals surface area contributed by atoms with Crippen molar-refractivity contribution in [1.82, 2.24) is 4.98 Å². The molecule has 0 amide bonds. The number of halogens is 1. The van der Waals surface area contributed by atoms with E-state index < -0.39 is 0 Å². The minimum atomic E-state index is -0.0586. The van der Waals surface area contributed by atoms with E-state index in [1.54, 1.807) is 6.20 Å². The van der Waals surface area contributed by atoms with Crippen LogP contribution >= 0.6 is 15.9 Å². The number of hydrogen-bond acceptors (Lipinski definition) is 4. The monoisotopic (exact) mass is 389 g/mol. The Balaban J connectivity index is 2.05. The first-order valence-electron chi connectivity index (χ1n) is 8.60. The average molecular weight is 390 g/mol. The SMILES string of the molecule is CC(C)C(=O)c1cnc2ccc(Br)cc2c1NC1CCC(N)CC1. The average Bonchev–Trinajstić information content (AvgIpc) is 2.56. The number of nitrogens with one attached hydrogen (secondary N) is 1. The molecule has 1 aliphatic rings. The van der Waals surface area contributed by atoms with Gasteiger partial charge in [0.2, 0.25) is 0 Å². The number of Topliss-reactive ketones (excluding diaryl/α,β-unsaturated/α-hetero) is 1. The molecule has 0 saturated heterocycles. The number of pyridine rings is 1. The van der Waals surface area contributed by atoms with Crippen molar-refractivity contribution < 1.29 is 4.79 Å². The Kier molecular flexibility index (Phi) is 5.21. The molecule has 4 nitrogen and oxygen atoms in total. The number of carbonyl (C=O) groups excluding carboxylic acids is 1. The summed E-state index contributed by atoms with van der Waals surface area (Å²) in [6.07, 6.45) is 5.84. The fourth-order valence-electron chi connectivity index (χ4n) is 3.29. The highest BCUT2D eigenvalue weighted by Crippen LogP contribution is 2.32. The molecule has 1 heterocycles. The zero-order valence-corrected chi connectivity index (χ0v) is 15.8. The molecule has 3 rings (SSSR count). The smallest absolute Gasteiger partial charge is 0.169 e. The zero-order chi connectivity index (χ0) is 17.3. The number of rotatable bonds is 4. The number of anilines is 1. The third kappa shape index (κ3) is 3.62. The van der Waals surface area contributed by atoms with Gasteiger partial charge < -0.3 is 11.1 Å². The van der Waals surface area contributed by atoms with Crippen LogP contribution in [0.3, 0.4) is 0 Å². The van der Waals surface area contributed by atoms with E-state index in [9.17, 15) is 4.79 Å². The van der Waals surface area contributed by atoms with E-state index >= 15 is 0 Å². The van der Waals surface area contributed by atoms with Crippen LogP contribution < -0.4 is 11.1 Å². The van der Waals surface area contributed by atoms with Gasteiger partial charge in [-0.05, 0) is 43.9 Å². The molecule has 1 aliphatic carbocycles. The van der Waals surface area contributed by atoms with Gasteiger partial charge in [0.25, 0.3) is 0 Å². The Hall–Kier alpha value is -1.46. The fraction of sp³-hybridized carbons (Fsp3) is 0.474. The summed E-state index contributed by atoms with van der Waals surface area (Å²) in [7, 11) is 0. The third-order valence-electron chi connectivity index (χ3n) is 4.74. The highest BCUT2D eigenvalue weighted by atomic mass is 79.9. The van der Waals surface area contributed by atoms with Crippen LogP contribution in [0.25, 0.3) is 10.9 Å². The molecule has 0 atom stereocenters. The number of nitrogens with two attached hydrogens (primary N) is 1. The van der Waals surface area contributed by atoms with E-state index in [1.165, 1.54) is 0 Å². The Bertz CT molecular complexity index is 752. The van der Waals surface area contributed by atoms with Crippen molar-refractivity contribution in [3.05, 3.63) is 34.4 Å².